The van der Waals surface area contributed by atoms with Gasteiger partial charge in [-0.25, -0.2) is 8.78 Å². The van der Waals surface area contributed by atoms with Crippen molar-refractivity contribution in [2.24, 2.45) is 0 Å². The summed E-state index contributed by atoms with van der Waals surface area (Å²) in [5, 5.41) is 0. The van der Waals surface area contributed by atoms with Crippen LogP contribution in [0.2, 0.25) is 0 Å². The van der Waals surface area contributed by atoms with Crippen LogP contribution >= 0.6 is 0 Å². The Kier molecular flexibility index (Phi) is 3.67. The largest absolute Gasteiger partial charge is 0.364 e. The molecule has 5 heteroatoms. The lowest BCUT2D eigenvalue weighted by molar-refractivity contribution is -0.166. The van der Waals surface area contributed by atoms with E-state index in [1.807, 2.05) is 0 Å². The van der Waals surface area contributed by atoms with Gasteiger partial charge in [-0.15, -0.1) is 0 Å². The maximum Gasteiger partial charge on any atom is 0.364 e. The minimum absolute atomic E-state index is 0.341. The molecule has 1 aromatic rings. The van der Waals surface area contributed by atoms with Gasteiger partial charge in [-0.3, -0.25) is 4.79 Å². The number of hydrogen-bond donors (Lipinski definition) is 0. The van der Waals surface area contributed by atoms with E-state index in [0.717, 1.165) is 0 Å². The van der Waals surface area contributed by atoms with Crippen molar-refractivity contribution in [3.63, 3.8) is 0 Å². The highest BCUT2D eigenvalue weighted by Gasteiger charge is 2.47. The molecule has 0 spiro atoms. The summed E-state index contributed by atoms with van der Waals surface area (Å²) in [5.41, 5.74) is 0.966. The van der Waals surface area contributed by atoms with Crippen LogP contribution in [0.1, 0.15) is 11.1 Å². The quantitative estimate of drug-likeness (QED) is 0.732. The van der Waals surface area contributed by atoms with Gasteiger partial charge in [0.15, 0.2) is 0 Å². The van der Waals surface area contributed by atoms with Crippen LogP contribution in [-0.2, 0) is 11.2 Å². The Balaban J connectivity index is 2.84. The standard InChI is InChI=1S/C11H10F4O/c1-7-4-2-3-5-8(7)6-9(16)11(14,15)10(12)13/h2-5,10H,6H2,1H3. The minimum atomic E-state index is -4.57. The zero-order valence-corrected chi connectivity index (χ0v) is 8.51. The number of carbonyl (C=O) groups excluding carboxylic acids is 1. The van der Waals surface area contributed by atoms with Crippen molar-refractivity contribution < 1.29 is 22.4 Å². The molecule has 0 fully saturated rings. The Morgan fingerprint density at radius 3 is 2.38 bits per heavy atom. The molecule has 1 aromatic carbocycles. The van der Waals surface area contributed by atoms with Gasteiger partial charge >= 0.3 is 12.3 Å². The molecule has 16 heavy (non-hydrogen) atoms. The number of alkyl halides is 4. The molecule has 0 aliphatic heterocycles. The van der Waals surface area contributed by atoms with Gasteiger partial charge in [0.25, 0.3) is 0 Å². The number of carbonyl (C=O) groups is 1. The predicted molar refractivity (Wildman–Crippen MR) is 50.8 cm³/mol. The van der Waals surface area contributed by atoms with Gasteiger partial charge in [-0.1, -0.05) is 24.3 Å². The summed E-state index contributed by atoms with van der Waals surface area (Å²) in [4.78, 5) is 11.0. The molecular formula is C11H10F4O. The summed E-state index contributed by atoms with van der Waals surface area (Å²) in [7, 11) is 0. The summed E-state index contributed by atoms with van der Waals surface area (Å²) in [6.45, 7) is 1.63. The summed E-state index contributed by atoms with van der Waals surface area (Å²) in [5.74, 6) is -6.32. The van der Waals surface area contributed by atoms with E-state index in [4.69, 9.17) is 0 Å². The zero-order chi connectivity index (χ0) is 12.3. The second kappa shape index (κ2) is 4.63. The normalized spacial score (nSPS) is 11.9. The Bertz CT molecular complexity index is 387. The van der Waals surface area contributed by atoms with E-state index in [1.54, 1.807) is 25.1 Å². The van der Waals surface area contributed by atoms with Crippen molar-refractivity contribution >= 4 is 5.78 Å². The van der Waals surface area contributed by atoms with Crippen molar-refractivity contribution in [1.29, 1.82) is 0 Å². The molecule has 1 rings (SSSR count). The van der Waals surface area contributed by atoms with Gasteiger partial charge in [-0.2, -0.15) is 8.78 Å². The maximum absolute atomic E-state index is 12.7. The van der Waals surface area contributed by atoms with Gasteiger partial charge in [0.05, 0.1) is 0 Å². The molecule has 0 bridgehead atoms. The fourth-order valence-electron chi connectivity index (χ4n) is 1.22. The highest BCUT2D eigenvalue weighted by molar-refractivity contribution is 5.88. The van der Waals surface area contributed by atoms with Gasteiger partial charge in [-0.05, 0) is 18.1 Å². The lowest BCUT2D eigenvalue weighted by atomic mass is 10.0. The fraction of sp³-hybridized carbons (Fsp3) is 0.364. The molecule has 0 heterocycles. The van der Waals surface area contributed by atoms with E-state index in [2.05, 4.69) is 0 Å². The molecular weight excluding hydrogens is 224 g/mol. The van der Waals surface area contributed by atoms with E-state index in [1.165, 1.54) is 6.07 Å². The molecule has 0 saturated heterocycles. The van der Waals surface area contributed by atoms with Crippen molar-refractivity contribution in [3.8, 4) is 0 Å². The van der Waals surface area contributed by atoms with Crippen molar-refractivity contribution in [2.45, 2.75) is 25.7 Å². The van der Waals surface area contributed by atoms with Crippen molar-refractivity contribution in [3.05, 3.63) is 35.4 Å². The zero-order valence-electron chi connectivity index (χ0n) is 8.51. The van der Waals surface area contributed by atoms with Crippen LogP contribution in [0.15, 0.2) is 24.3 Å². The smallest absolute Gasteiger partial charge is 0.292 e. The molecule has 0 radical (unpaired) electrons. The highest BCUT2D eigenvalue weighted by atomic mass is 19.3. The first-order chi connectivity index (χ1) is 7.35. The first-order valence-electron chi connectivity index (χ1n) is 4.59. The van der Waals surface area contributed by atoms with E-state index in [9.17, 15) is 22.4 Å². The van der Waals surface area contributed by atoms with E-state index < -0.39 is 24.6 Å². The van der Waals surface area contributed by atoms with Crippen molar-refractivity contribution in [1.82, 2.24) is 0 Å². The molecule has 88 valence electrons. The number of aryl methyl sites for hydroxylation is 1. The average Bonchev–Trinajstić information content (AvgIpc) is 2.21. The molecule has 0 atom stereocenters. The molecule has 0 unspecified atom stereocenters. The SMILES string of the molecule is Cc1ccccc1CC(=O)C(F)(F)C(F)F. The van der Waals surface area contributed by atoms with Crippen molar-refractivity contribution in [2.75, 3.05) is 0 Å². The Morgan fingerprint density at radius 2 is 1.88 bits per heavy atom. The van der Waals surface area contributed by atoms with Crippen LogP contribution in [0.5, 0.6) is 0 Å². The highest BCUT2D eigenvalue weighted by Crippen LogP contribution is 2.25. The van der Waals surface area contributed by atoms with E-state index >= 15 is 0 Å². The molecule has 0 aliphatic rings. The summed E-state index contributed by atoms with van der Waals surface area (Å²) in [6, 6.07) is 6.34. The molecule has 0 saturated carbocycles. The Hall–Kier alpha value is -1.39. The summed E-state index contributed by atoms with van der Waals surface area (Å²) in [6.07, 6.45) is -4.63. The molecule has 0 aliphatic carbocycles. The monoisotopic (exact) mass is 234 g/mol. The Labute approximate surface area is 90.1 Å². The second-order valence-corrected chi connectivity index (χ2v) is 3.45. The summed E-state index contributed by atoms with van der Waals surface area (Å²) < 4.78 is 49.1. The van der Waals surface area contributed by atoms with Crippen LogP contribution in [0.4, 0.5) is 17.6 Å². The molecule has 0 aromatic heterocycles. The minimum Gasteiger partial charge on any atom is -0.292 e. The topological polar surface area (TPSA) is 17.1 Å². The molecule has 0 amide bonds. The maximum atomic E-state index is 12.7. The number of hydrogen-bond acceptors (Lipinski definition) is 1. The lowest BCUT2D eigenvalue weighted by Gasteiger charge is -2.14. The van der Waals surface area contributed by atoms with Gasteiger partial charge in [0.1, 0.15) is 0 Å². The van der Waals surface area contributed by atoms with Gasteiger partial charge in [0, 0.05) is 6.42 Å². The predicted octanol–water partition coefficient (Wildman–Crippen LogP) is 3.01. The number of rotatable bonds is 4. The van der Waals surface area contributed by atoms with Crippen LogP contribution in [0.25, 0.3) is 0 Å². The lowest BCUT2D eigenvalue weighted by Crippen LogP contribution is -2.37. The molecule has 0 N–H and O–H groups in total. The summed E-state index contributed by atoms with van der Waals surface area (Å²) >= 11 is 0. The Morgan fingerprint density at radius 1 is 1.31 bits per heavy atom. The average molecular weight is 234 g/mol. The number of ketones is 1. The number of Topliss-reactive ketones (excluding diaryl/α,β-unsaturated/α-hetero) is 1. The number of halogens is 4. The van der Waals surface area contributed by atoms with E-state index in [-0.39, 0.29) is 0 Å². The van der Waals surface area contributed by atoms with Gasteiger partial charge in [0.2, 0.25) is 5.78 Å². The second-order valence-electron chi connectivity index (χ2n) is 3.45. The fourth-order valence-corrected chi connectivity index (χ4v) is 1.22. The van der Waals surface area contributed by atoms with Gasteiger partial charge < -0.3 is 0 Å². The third-order valence-electron chi connectivity index (χ3n) is 2.26. The van der Waals surface area contributed by atoms with Crippen LogP contribution in [0, 0.1) is 6.92 Å². The van der Waals surface area contributed by atoms with Crippen LogP contribution < -0.4 is 0 Å². The third-order valence-corrected chi connectivity index (χ3v) is 2.26. The number of benzene rings is 1. The first kappa shape index (κ1) is 12.7. The first-order valence-corrected chi connectivity index (χ1v) is 4.59. The van der Waals surface area contributed by atoms with Crippen LogP contribution in [-0.4, -0.2) is 18.1 Å². The molecule has 1 nitrogen and oxygen atoms in total. The third kappa shape index (κ3) is 2.59. The van der Waals surface area contributed by atoms with E-state index in [0.29, 0.717) is 11.1 Å². The van der Waals surface area contributed by atoms with Crippen LogP contribution in [0.3, 0.4) is 0 Å².